The molecule has 0 atom stereocenters. The molecule has 0 aromatic carbocycles. The van der Waals surface area contributed by atoms with Crippen LogP contribution in [0, 0.1) is 0 Å². The van der Waals surface area contributed by atoms with E-state index in [4.69, 9.17) is 0 Å². The molecule has 0 N–H and O–H groups in total. The van der Waals surface area contributed by atoms with Crippen molar-refractivity contribution in [2.75, 3.05) is 26.7 Å². The van der Waals surface area contributed by atoms with Gasteiger partial charge in [0.25, 0.3) is 0 Å². The fraction of sp³-hybridized carbons (Fsp3) is 0.750. The van der Waals surface area contributed by atoms with Crippen LogP contribution in [0.3, 0.4) is 0 Å². The van der Waals surface area contributed by atoms with Crippen molar-refractivity contribution in [3.8, 4) is 0 Å². The fourth-order valence-corrected chi connectivity index (χ4v) is 1.15. The zero-order chi connectivity index (χ0) is 8.53. The van der Waals surface area contributed by atoms with Crippen LogP contribution in [-0.4, -0.2) is 31.6 Å². The Bertz CT molecular complexity index is 92.1. The van der Waals surface area contributed by atoms with Crippen LogP contribution in [0.2, 0.25) is 0 Å². The summed E-state index contributed by atoms with van der Waals surface area (Å²) >= 11 is 0. The molecule has 1 fully saturated rings. The van der Waals surface area contributed by atoms with E-state index in [0.29, 0.717) is 0 Å². The molecule has 0 bridgehead atoms. The Morgan fingerprint density at radius 2 is 2.00 bits per heavy atom. The Hall–Kier alpha value is -0.410. The van der Waals surface area contributed by atoms with Crippen LogP contribution in [0.4, 0.5) is 4.53 Å². The second kappa shape index (κ2) is 7.69. The summed E-state index contributed by atoms with van der Waals surface area (Å²) in [6.07, 6.45) is 4.74. The van der Waals surface area contributed by atoms with Crippen LogP contribution in [0.25, 0.3) is 0 Å². The lowest BCUT2D eigenvalue weighted by Crippen LogP contribution is -2.18. The summed E-state index contributed by atoms with van der Waals surface area (Å²) in [5.74, 6) is 0. The highest BCUT2D eigenvalue weighted by atomic mass is 19.3. The van der Waals surface area contributed by atoms with E-state index in [2.05, 4.69) is 16.4 Å². The molecule has 1 heterocycles. The van der Waals surface area contributed by atoms with Gasteiger partial charge in [-0.25, -0.2) is 0 Å². The summed E-state index contributed by atoms with van der Waals surface area (Å²) in [6.45, 7) is 7.33. The van der Waals surface area contributed by atoms with Gasteiger partial charge >= 0.3 is 0 Å². The third-order valence-corrected chi connectivity index (χ3v) is 1.59. The smallest absolute Gasteiger partial charge is 0.0766 e. The molecule has 2 nitrogen and oxygen atoms in total. The van der Waals surface area contributed by atoms with E-state index in [-0.39, 0.29) is 0 Å². The highest BCUT2D eigenvalue weighted by molar-refractivity contribution is 4.76. The van der Waals surface area contributed by atoms with Crippen LogP contribution in [0.1, 0.15) is 12.8 Å². The minimum atomic E-state index is 0.958. The third-order valence-electron chi connectivity index (χ3n) is 1.59. The summed E-state index contributed by atoms with van der Waals surface area (Å²) in [4.78, 5) is 5.17. The van der Waals surface area contributed by atoms with E-state index in [1.165, 1.54) is 25.9 Å². The number of nitrogens with zero attached hydrogens (tertiary/aromatic N) is 1. The maximum atomic E-state index is 9.79. The van der Waals surface area contributed by atoms with Crippen molar-refractivity contribution < 1.29 is 9.47 Å². The van der Waals surface area contributed by atoms with Gasteiger partial charge in [0.15, 0.2) is 0 Å². The second-order valence-electron chi connectivity index (χ2n) is 2.45. The van der Waals surface area contributed by atoms with Gasteiger partial charge in [-0.05, 0) is 30.5 Å². The largest absolute Gasteiger partial charge is 0.300 e. The van der Waals surface area contributed by atoms with Gasteiger partial charge in [-0.3, -0.25) is 4.90 Å². The first-order valence-electron chi connectivity index (χ1n) is 3.83. The summed E-state index contributed by atoms with van der Waals surface area (Å²) < 4.78 is 9.79. The van der Waals surface area contributed by atoms with Crippen LogP contribution >= 0.6 is 0 Å². The van der Waals surface area contributed by atoms with Crippen molar-refractivity contribution in [1.82, 2.24) is 4.90 Å². The maximum absolute atomic E-state index is 9.79. The summed E-state index contributed by atoms with van der Waals surface area (Å²) in [7, 11) is 0.958. The standard InChI is InChI=1S/C7H13N.CH3FO/c1-2-5-8-6-3-4-7-8;1-3-2/h2H,1,3-7H2;1H3. The van der Waals surface area contributed by atoms with Crippen molar-refractivity contribution >= 4 is 0 Å². The van der Waals surface area contributed by atoms with Gasteiger partial charge in [0.05, 0.1) is 7.11 Å². The zero-order valence-corrected chi connectivity index (χ0v) is 7.05. The first-order valence-corrected chi connectivity index (χ1v) is 3.83. The van der Waals surface area contributed by atoms with Crippen molar-refractivity contribution in [3.05, 3.63) is 12.7 Å². The molecule has 3 heteroatoms. The lowest BCUT2D eigenvalue weighted by atomic mass is 10.4. The highest BCUT2D eigenvalue weighted by Gasteiger charge is 2.07. The van der Waals surface area contributed by atoms with E-state index in [9.17, 15) is 4.53 Å². The number of likely N-dealkylation sites (tertiary alicyclic amines) is 1. The van der Waals surface area contributed by atoms with Gasteiger partial charge < -0.3 is 0 Å². The highest BCUT2D eigenvalue weighted by Crippen LogP contribution is 2.05. The number of halogens is 1. The third kappa shape index (κ3) is 6.01. The van der Waals surface area contributed by atoms with Crippen LogP contribution in [-0.2, 0) is 4.94 Å². The number of hydrogen-bond acceptors (Lipinski definition) is 2. The van der Waals surface area contributed by atoms with E-state index in [1.54, 1.807) is 0 Å². The minimum absolute atomic E-state index is 0.958. The molecular formula is C8H16FNO. The molecule has 0 aromatic rings. The minimum Gasteiger partial charge on any atom is -0.300 e. The van der Waals surface area contributed by atoms with Crippen molar-refractivity contribution in [2.24, 2.45) is 0 Å². The first-order chi connectivity index (χ1) is 5.35. The molecule has 0 unspecified atom stereocenters. The van der Waals surface area contributed by atoms with E-state index in [1.807, 2.05) is 6.08 Å². The van der Waals surface area contributed by atoms with Gasteiger partial charge in [-0.1, -0.05) is 6.08 Å². The number of hydrogen-bond donors (Lipinski definition) is 0. The Kier molecular flexibility index (Phi) is 7.41. The predicted molar refractivity (Wildman–Crippen MR) is 44.0 cm³/mol. The second-order valence-corrected chi connectivity index (χ2v) is 2.45. The molecule has 66 valence electrons. The molecule has 1 rings (SSSR count). The normalized spacial score (nSPS) is 17.3. The molecule has 1 aliphatic heterocycles. The Labute approximate surface area is 67.5 Å². The summed E-state index contributed by atoms with van der Waals surface area (Å²) in [6, 6.07) is 0. The van der Waals surface area contributed by atoms with Crippen molar-refractivity contribution in [3.63, 3.8) is 0 Å². The SMILES string of the molecule is C=CCN1CCCC1.COF. The Morgan fingerprint density at radius 3 is 2.36 bits per heavy atom. The molecule has 0 amide bonds. The van der Waals surface area contributed by atoms with Crippen LogP contribution < -0.4 is 0 Å². The zero-order valence-electron chi connectivity index (χ0n) is 7.05. The molecule has 0 saturated carbocycles. The molecule has 0 spiro atoms. The average molecular weight is 161 g/mol. The van der Waals surface area contributed by atoms with Crippen LogP contribution in [0.15, 0.2) is 12.7 Å². The quantitative estimate of drug-likeness (QED) is 0.572. The Balaban J connectivity index is 0.000000292. The molecular weight excluding hydrogens is 145 g/mol. The molecule has 1 aliphatic rings. The lowest BCUT2D eigenvalue weighted by molar-refractivity contribution is -0.0960. The van der Waals surface area contributed by atoms with Crippen molar-refractivity contribution in [2.45, 2.75) is 12.8 Å². The fourth-order valence-electron chi connectivity index (χ4n) is 1.15. The lowest BCUT2D eigenvalue weighted by Gasteiger charge is -2.09. The predicted octanol–water partition coefficient (Wildman–Crippen LogP) is 1.79. The van der Waals surface area contributed by atoms with E-state index < -0.39 is 0 Å². The first kappa shape index (κ1) is 10.6. The van der Waals surface area contributed by atoms with E-state index in [0.717, 1.165) is 13.7 Å². The number of rotatable bonds is 2. The van der Waals surface area contributed by atoms with Gasteiger partial charge in [-0.15, -0.1) is 6.58 Å². The summed E-state index contributed by atoms with van der Waals surface area (Å²) in [5, 5.41) is 0. The molecule has 1 saturated heterocycles. The summed E-state index contributed by atoms with van der Waals surface area (Å²) in [5.41, 5.74) is 0. The van der Waals surface area contributed by atoms with Gasteiger partial charge in [-0.2, -0.15) is 4.94 Å². The molecule has 0 aliphatic carbocycles. The maximum Gasteiger partial charge on any atom is 0.0766 e. The van der Waals surface area contributed by atoms with Gasteiger partial charge in [0.2, 0.25) is 0 Å². The van der Waals surface area contributed by atoms with E-state index >= 15 is 0 Å². The average Bonchev–Trinajstić information content (AvgIpc) is 2.42. The molecule has 0 radical (unpaired) electrons. The monoisotopic (exact) mass is 161 g/mol. The molecule has 0 aromatic heterocycles. The topological polar surface area (TPSA) is 12.5 Å². The van der Waals surface area contributed by atoms with Crippen LogP contribution in [0.5, 0.6) is 0 Å². The molecule has 11 heavy (non-hydrogen) atoms. The van der Waals surface area contributed by atoms with Crippen molar-refractivity contribution in [1.29, 1.82) is 0 Å². The van der Waals surface area contributed by atoms with Gasteiger partial charge in [0.1, 0.15) is 0 Å². The van der Waals surface area contributed by atoms with Gasteiger partial charge in [0, 0.05) is 6.54 Å². The Morgan fingerprint density at radius 1 is 1.55 bits per heavy atom.